The van der Waals surface area contributed by atoms with E-state index in [1.807, 2.05) is 6.07 Å². The van der Waals surface area contributed by atoms with Gasteiger partial charge in [0.25, 0.3) is 0 Å². The van der Waals surface area contributed by atoms with Crippen LogP contribution in [-0.4, -0.2) is 57.7 Å². The maximum atomic E-state index is 12.2. The first-order chi connectivity index (χ1) is 9.33. The fourth-order valence-corrected chi connectivity index (χ4v) is 4.33. The summed E-state index contributed by atoms with van der Waals surface area (Å²) in [6, 6.07) is 1.91. The minimum atomic E-state index is -1.02. The molecule has 0 N–H and O–H groups in total. The minimum absolute atomic E-state index is 0.632. The third-order valence-electron chi connectivity index (χ3n) is 3.06. The topological polar surface area (TPSA) is 55.3 Å². The molecule has 1 atom stereocenters. The Labute approximate surface area is 118 Å². The van der Waals surface area contributed by atoms with Gasteiger partial charge in [0.15, 0.2) is 4.34 Å². The molecule has 1 saturated heterocycles. The van der Waals surface area contributed by atoms with Crippen LogP contribution in [0.5, 0.6) is 0 Å². The first-order valence-corrected chi connectivity index (χ1v) is 8.35. The van der Waals surface area contributed by atoms with Crippen LogP contribution in [-0.2, 0) is 15.5 Å². The highest BCUT2D eigenvalue weighted by atomic mass is 32.2. The van der Waals surface area contributed by atoms with Crippen molar-refractivity contribution in [3.8, 4) is 0 Å². The van der Waals surface area contributed by atoms with Crippen molar-refractivity contribution in [2.75, 3.05) is 38.6 Å². The SMILES string of the molecule is O=S(CCN1CCOCC1)c1nc2cnccc2s1. The van der Waals surface area contributed by atoms with Gasteiger partial charge in [-0.3, -0.25) is 14.1 Å². The summed E-state index contributed by atoms with van der Waals surface area (Å²) in [6.07, 6.45) is 3.45. The molecular formula is C12H15N3O2S2. The van der Waals surface area contributed by atoms with E-state index in [0.29, 0.717) is 10.1 Å². The smallest absolute Gasteiger partial charge is 0.181 e. The summed E-state index contributed by atoms with van der Waals surface area (Å²) < 4.78 is 19.3. The molecule has 1 aliphatic heterocycles. The van der Waals surface area contributed by atoms with Gasteiger partial charge in [-0.05, 0) is 6.07 Å². The molecule has 102 valence electrons. The number of hydrogen-bond donors (Lipinski definition) is 0. The third kappa shape index (κ3) is 3.17. The van der Waals surface area contributed by atoms with E-state index >= 15 is 0 Å². The Morgan fingerprint density at radius 3 is 3.05 bits per heavy atom. The highest BCUT2D eigenvalue weighted by Gasteiger charge is 2.14. The summed E-state index contributed by atoms with van der Waals surface area (Å²) in [5, 5.41) is 0. The molecule has 2 aromatic rings. The Morgan fingerprint density at radius 2 is 2.26 bits per heavy atom. The van der Waals surface area contributed by atoms with Crippen LogP contribution in [0, 0.1) is 0 Å². The molecule has 3 heterocycles. The highest BCUT2D eigenvalue weighted by molar-refractivity contribution is 7.87. The molecule has 0 bridgehead atoms. The summed E-state index contributed by atoms with van der Waals surface area (Å²) >= 11 is 1.50. The normalized spacial score (nSPS) is 18.7. The Bertz CT molecular complexity index is 548. The lowest BCUT2D eigenvalue weighted by molar-refractivity contribution is 0.0409. The molecule has 0 aromatic carbocycles. The van der Waals surface area contributed by atoms with Gasteiger partial charge in [-0.1, -0.05) is 0 Å². The zero-order valence-electron chi connectivity index (χ0n) is 10.4. The van der Waals surface area contributed by atoms with Crippen LogP contribution in [0.15, 0.2) is 22.8 Å². The van der Waals surface area contributed by atoms with Crippen molar-refractivity contribution in [1.82, 2.24) is 14.9 Å². The standard InChI is InChI=1S/C12H15N3O2S2/c16-19(8-5-15-3-6-17-7-4-15)12-14-10-9-13-2-1-11(10)18-12/h1-2,9H,3-8H2. The van der Waals surface area contributed by atoms with E-state index in [1.54, 1.807) is 12.4 Å². The molecule has 2 aromatic heterocycles. The second-order valence-corrected chi connectivity index (χ2v) is 7.10. The molecule has 3 rings (SSSR count). The molecular weight excluding hydrogens is 282 g/mol. The van der Waals surface area contributed by atoms with Crippen molar-refractivity contribution in [2.45, 2.75) is 4.34 Å². The van der Waals surface area contributed by atoms with E-state index in [1.165, 1.54) is 11.3 Å². The van der Waals surface area contributed by atoms with Crippen LogP contribution in [0.2, 0.25) is 0 Å². The lowest BCUT2D eigenvalue weighted by Gasteiger charge is -2.25. The second-order valence-electron chi connectivity index (χ2n) is 4.33. The van der Waals surface area contributed by atoms with Crippen molar-refractivity contribution in [2.24, 2.45) is 0 Å². The lowest BCUT2D eigenvalue weighted by Crippen LogP contribution is -2.38. The number of rotatable bonds is 4. The van der Waals surface area contributed by atoms with Crippen LogP contribution >= 0.6 is 11.3 Å². The monoisotopic (exact) mass is 297 g/mol. The van der Waals surface area contributed by atoms with Gasteiger partial charge in [0.2, 0.25) is 0 Å². The third-order valence-corrected chi connectivity index (χ3v) is 5.73. The maximum absolute atomic E-state index is 12.2. The zero-order chi connectivity index (χ0) is 13.1. The first kappa shape index (κ1) is 13.1. The second kappa shape index (κ2) is 6.04. The van der Waals surface area contributed by atoms with E-state index in [9.17, 15) is 4.21 Å². The highest BCUT2D eigenvalue weighted by Crippen LogP contribution is 2.23. The van der Waals surface area contributed by atoms with Crippen LogP contribution in [0.25, 0.3) is 10.2 Å². The van der Waals surface area contributed by atoms with Crippen molar-refractivity contribution in [3.05, 3.63) is 18.5 Å². The van der Waals surface area contributed by atoms with Crippen LogP contribution in [0.3, 0.4) is 0 Å². The molecule has 0 aliphatic carbocycles. The van der Waals surface area contributed by atoms with Crippen LogP contribution in [0.4, 0.5) is 0 Å². The minimum Gasteiger partial charge on any atom is -0.379 e. The fourth-order valence-electron chi connectivity index (χ4n) is 1.98. The van der Waals surface area contributed by atoms with Crippen LogP contribution < -0.4 is 0 Å². The van der Waals surface area contributed by atoms with Gasteiger partial charge in [0.1, 0.15) is 5.52 Å². The van der Waals surface area contributed by atoms with Crippen molar-refractivity contribution >= 4 is 32.4 Å². The molecule has 0 saturated carbocycles. The van der Waals surface area contributed by atoms with Crippen molar-refractivity contribution in [3.63, 3.8) is 0 Å². The summed E-state index contributed by atoms with van der Waals surface area (Å²) in [6.45, 7) is 4.25. The van der Waals surface area contributed by atoms with Gasteiger partial charge in [0.05, 0.1) is 34.9 Å². The molecule has 0 amide bonds. The molecule has 19 heavy (non-hydrogen) atoms. The molecule has 1 aliphatic rings. The summed E-state index contributed by atoms with van der Waals surface area (Å²) in [5.74, 6) is 0.632. The van der Waals surface area contributed by atoms with Gasteiger partial charge in [-0.15, -0.1) is 11.3 Å². The molecule has 7 heteroatoms. The number of hydrogen-bond acceptors (Lipinski definition) is 6. The number of aromatic nitrogens is 2. The van der Waals surface area contributed by atoms with E-state index < -0.39 is 10.8 Å². The van der Waals surface area contributed by atoms with Gasteiger partial charge in [-0.2, -0.15) is 0 Å². The summed E-state index contributed by atoms with van der Waals surface area (Å²) in [4.78, 5) is 10.7. The number of nitrogens with zero attached hydrogens (tertiary/aromatic N) is 3. The van der Waals surface area contributed by atoms with E-state index in [2.05, 4.69) is 14.9 Å². The number of ether oxygens (including phenoxy) is 1. The molecule has 1 unspecified atom stereocenters. The van der Waals surface area contributed by atoms with E-state index in [-0.39, 0.29) is 0 Å². The first-order valence-electron chi connectivity index (χ1n) is 6.22. The molecule has 1 fully saturated rings. The fraction of sp³-hybridized carbons (Fsp3) is 0.500. The quantitative estimate of drug-likeness (QED) is 0.847. The number of thiazole rings is 1. The zero-order valence-corrected chi connectivity index (χ0v) is 12.1. The average Bonchev–Trinajstić information content (AvgIpc) is 2.90. The number of morpholine rings is 1. The van der Waals surface area contributed by atoms with Gasteiger partial charge >= 0.3 is 0 Å². The Hall–Kier alpha value is -0.890. The van der Waals surface area contributed by atoms with Crippen LogP contribution in [0.1, 0.15) is 0 Å². The van der Waals surface area contributed by atoms with Gasteiger partial charge in [0, 0.05) is 31.6 Å². The van der Waals surface area contributed by atoms with Gasteiger partial charge in [-0.25, -0.2) is 4.98 Å². The van der Waals surface area contributed by atoms with Gasteiger partial charge < -0.3 is 4.74 Å². The van der Waals surface area contributed by atoms with E-state index in [4.69, 9.17) is 4.74 Å². The summed E-state index contributed by atoms with van der Waals surface area (Å²) in [5.41, 5.74) is 0.835. The Morgan fingerprint density at radius 1 is 1.42 bits per heavy atom. The Balaban J connectivity index is 1.63. The van der Waals surface area contributed by atoms with E-state index in [0.717, 1.165) is 43.1 Å². The molecule has 0 radical (unpaired) electrons. The Kier molecular flexibility index (Phi) is 4.17. The molecule has 0 spiro atoms. The number of fused-ring (bicyclic) bond motifs is 1. The van der Waals surface area contributed by atoms with Crippen molar-refractivity contribution in [1.29, 1.82) is 0 Å². The largest absolute Gasteiger partial charge is 0.379 e. The number of pyridine rings is 1. The molecule has 5 nitrogen and oxygen atoms in total. The maximum Gasteiger partial charge on any atom is 0.181 e. The average molecular weight is 297 g/mol. The van der Waals surface area contributed by atoms with Crippen molar-refractivity contribution < 1.29 is 8.95 Å². The predicted molar refractivity (Wildman–Crippen MR) is 75.9 cm³/mol. The lowest BCUT2D eigenvalue weighted by atomic mass is 10.4. The summed E-state index contributed by atoms with van der Waals surface area (Å²) in [7, 11) is -1.02. The predicted octanol–water partition coefficient (Wildman–Crippen LogP) is 1.13.